The SMILES string of the molecule is Cc1nc(-c2ccc(C3CCC3)cc2)nc(N)c1C(=O)C[C@@H](CNS(N)(=O)=O)C(=O)N(C)[C@@H]1C(=O)C[C@@H](C)C(=O)N[C@H](C(=O)O)Cc2ccc(OC[C@H](O)CN)c(c2)-c2cc1cc(OC[C@H](O)CN)c2O. The van der Waals surface area contributed by atoms with Crippen LogP contribution >= 0.6 is 0 Å². The number of nitrogens with two attached hydrogens (primary N) is 4. The van der Waals surface area contributed by atoms with E-state index in [1.54, 1.807) is 0 Å². The molecule has 2 amide bonds. The number of fused-ring (bicyclic) bond motifs is 5. The monoisotopic (exact) mass is 1000 g/mol. The number of nitrogens with zero attached hydrogens (tertiary/aromatic N) is 3. The number of aromatic nitrogens is 2. The lowest BCUT2D eigenvalue weighted by Gasteiger charge is -2.32. The van der Waals surface area contributed by atoms with Crippen LogP contribution < -0.4 is 41.9 Å². The summed E-state index contributed by atoms with van der Waals surface area (Å²) in [6, 6.07) is 11.5. The summed E-state index contributed by atoms with van der Waals surface area (Å²) in [7, 11) is -3.28. The number of ether oxygens (including phenoxy) is 2. The summed E-state index contributed by atoms with van der Waals surface area (Å²) in [6.07, 6.45) is -0.555. The van der Waals surface area contributed by atoms with Crippen molar-refractivity contribution in [2.45, 2.75) is 82.6 Å². The fraction of sp³-hybridized carbons (Fsp3) is 0.438. The summed E-state index contributed by atoms with van der Waals surface area (Å²) in [5, 5.41) is 50.6. The maximum Gasteiger partial charge on any atom is 0.326 e. The lowest BCUT2D eigenvalue weighted by molar-refractivity contribution is -0.143. The van der Waals surface area contributed by atoms with Gasteiger partial charge in [0.25, 0.3) is 10.2 Å². The molecule has 4 bridgehead atoms. The van der Waals surface area contributed by atoms with Crippen LogP contribution in [0.2, 0.25) is 0 Å². The van der Waals surface area contributed by atoms with Crippen molar-refractivity contribution in [3.63, 3.8) is 0 Å². The Balaban J connectivity index is 1.46. The minimum atomic E-state index is -4.49. The van der Waals surface area contributed by atoms with E-state index < -0.39 is 107 Å². The second-order valence-corrected chi connectivity index (χ2v) is 19.4. The van der Waals surface area contributed by atoms with Crippen molar-refractivity contribution in [1.82, 2.24) is 24.9 Å². The number of aliphatic hydroxyl groups excluding tert-OH is 2. The smallest absolute Gasteiger partial charge is 0.326 e. The van der Waals surface area contributed by atoms with Gasteiger partial charge in [0.2, 0.25) is 11.8 Å². The number of aliphatic hydroxyl groups is 2. The van der Waals surface area contributed by atoms with Crippen molar-refractivity contribution in [2.75, 3.05) is 45.6 Å². The molecule has 1 aromatic heterocycles. The number of aliphatic carboxylic acids is 1. The zero-order chi connectivity index (χ0) is 51.9. The number of aryl methyl sites for hydroxylation is 1. The number of hydrogen-bond donors (Lipinski definition) is 10. The molecule has 2 aliphatic rings. The molecule has 1 fully saturated rings. The number of carbonyl (C=O) groups is 5. The van der Waals surface area contributed by atoms with Crippen LogP contribution in [0.5, 0.6) is 17.2 Å². The van der Waals surface area contributed by atoms with Gasteiger partial charge in [0.05, 0.1) is 17.2 Å². The largest absolute Gasteiger partial charge is 0.504 e. The second kappa shape index (κ2) is 23.1. The van der Waals surface area contributed by atoms with Crippen LogP contribution in [-0.4, -0.2) is 131 Å². The molecular formula is C48H61N9O13S. The molecular weight excluding hydrogens is 943 g/mol. The molecule has 6 atom stereocenters. The highest BCUT2D eigenvalue weighted by Gasteiger charge is 2.38. The number of rotatable bonds is 19. The molecule has 23 heteroatoms. The van der Waals surface area contributed by atoms with E-state index >= 15 is 0 Å². The first-order chi connectivity index (χ1) is 33.6. The van der Waals surface area contributed by atoms with E-state index in [1.807, 2.05) is 24.3 Å². The van der Waals surface area contributed by atoms with Gasteiger partial charge in [-0.3, -0.25) is 19.2 Å². The molecule has 4 aromatic rings. The maximum absolute atomic E-state index is 15.0. The summed E-state index contributed by atoms with van der Waals surface area (Å²) in [5.41, 5.74) is 19.8. The first-order valence-electron chi connectivity index (χ1n) is 23.0. The van der Waals surface area contributed by atoms with E-state index in [2.05, 4.69) is 20.0 Å². The first-order valence-corrected chi connectivity index (χ1v) is 24.5. The van der Waals surface area contributed by atoms with Gasteiger partial charge in [0, 0.05) is 68.6 Å². The van der Waals surface area contributed by atoms with Crippen molar-refractivity contribution in [3.05, 3.63) is 82.5 Å². The molecule has 2 heterocycles. The number of nitrogen functional groups attached to an aromatic ring is 1. The third-order valence-electron chi connectivity index (χ3n) is 12.7. The van der Waals surface area contributed by atoms with Crippen molar-refractivity contribution in [3.8, 4) is 39.8 Å². The molecule has 0 saturated heterocycles. The summed E-state index contributed by atoms with van der Waals surface area (Å²) >= 11 is 0. The number of ketones is 2. The number of anilines is 1. The summed E-state index contributed by atoms with van der Waals surface area (Å²) in [6.45, 7) is 0.943. The lowest BCUT2D eigenvalue weighted by atomic mass is 9.80. The molecule has 71 heavy (non-hydrogen) atoms. The van der Waals surface area contributed by atoms with Gasteiger partial charge in [-0.2, -0.15) is 8.42 Å². The Morgan fingerprint density at radius 2 is 1.56 bits per heavy atom. The van der Waals surface area contributed by atoms with Crippen LogP contribution in [0.15, 0.2) is 54.6 Å². The van der Waals surface area contributed by atoms with Crippen LogP contribution in [0.25, 0.3) is 22.5 Å². The van der Waals surface area contributed by atoms with Crippen LogP contribution in [-0.2, 0) is 35.8 Å². The lowest BCUT2D eigenvalue weighted by Crippen LogP contribution is -2.46. The van der Waals surface area contributed by atoms with Gasteiger partial charge in [-0.1, -0.05) is 43.7 Å². The fourth-order valence-corrected chi connectivity index (χ4v) is 8.89. The molecule has 14 N–H and O–H groups in total. The Morgan fingerprint density at radius 1 is 0.915 bits per heavy atom. The molecule has 6 rings (SSSR count). The standard InChI is InChI=1S/C48H61N9O13S/c1-24-13-38(61)42(57(3)47(64)31(21-53-71(52,67)68)17-37(60)41-25(2)54-45(56-44(41)51)29-10-8-28(9-11-29)27-5-4-6-27)30-16-35(43(62)40(18-30)70-23-33(59)20-50)34-14-26(15-36(48(65)66)55-46(24)63)7-12-39(34)69-22-32(58)19-49/h7-12,14,16,18,24,27,31-33,36,42,53,58-59,62H,4-6,13,15,17,19-23,49-50H2,1-3H3,(H,55,63)(H,65,66)(H2,51,54,56)(H2,52,67,68)/t24-,31+,32-,33-,36+,42+/m1/s1. The molecule has 22 nitrogen and oxygen atoms in total. The maximum atomic E-state index is 15.0. The average molecular weight is 1000 g/mol. The van der Waals surface area contributed by atoms with Crippen LogP contribution in [0, 0.1) is 18.8 Å². The highest BCUT2D eigenvalue weighted by Crippen LogP contribution is 2.45. The van der Waals surface area contributed by atoms with Gasteiger partial charge >= 0.3 is 5.97 Å². The Bertz CT molecular complexity index is 2730. The van der Waals surface area contributed by atoms with E-state index in [0.29, 0.717) is 17.0 Å². The molecule has 3 aromatic carbocycles. The molecule has 1 aliphatic carbocycles. The molecule has 382 valence electrons. The number of benzene rings is 3. The third-order valence-corrected chi connectivity index (χ3v) is 13.2. The molecule has 1 aliphatic heterocycles. The van der Waals surface area contributed by atoms with Crippen molar-refractivity contribution >= 4 is 45.4 Å². The Morgan fingerprint density at radius 3 is 2.14 bits per heavy atom. The van der Waals surface area contributed by atoms with E-state index in [-0.39, 0.29) is 77.2 Å². The van der Waals surface area contributed by atoms with E-state index in [1.165, 1.54) is 63.2 Å². The molecule has 0 spiro atoms. The number of nitrogens with one attached hydrogen (secondary N) is 2. The minimum Gasteiger partial charge on any atom is -0.504 e. The number of amides is 2. The zero-order valence-corrected chi connectivity index (χ0v) is 40.4. The number of likely N-dealkylation sites (N-methyl/N-ethyl adjacent to an activating group) is 1. The highest BCUT2D eigenvalue weighted by atomic mass is 32.2. The predicted molar refractivity (Wildman–Crippen MR) is 259 cm³/mol. The fourth-order valence-electron chi connectivity index (χ4n) is 8.45. The average Bonchev–Trinajstić information content (AvgIpc) is 3.30. The highest BCUT2D eigenvalue weighted by molar-refractivity contribution is 7.87. The third kappa shape index (κ3) is 13.2. The van der Waals surface area contributed by atoms with Gasteiger partial charge < -0.3 is 57.3 Å². The van der Waals surface area contributed by atoms with Crippen molar-refractivity contribution < 1.29 is 62.3 Å². The number of phenolic OH excluding ortho intramolecular Hbond substituents is 1. The van der Waals surface area contributed by atoms with Crippen LogP contribution in [0.4, 0.5) is 5.82 Å². The van der Waals surface area contributed by atoms with Gasteiger partial charge in [0.1, 0.15) is 49.1 Å². The normalized spacial score (nSPS) is 18.8. The Kier molecular flexibility index (Phi) is 17.5. The van der Waals surface area contributed by atoms with Crippen LogP contribution in [0.3, 0.4) is 0 Å². The van der Waals surface area contributed by atoms with E-state index in [0.717, 1.165) is 17.7 Å². The number of carboxylic acid groups (broad SMARTS) is 1. The van der Waals surface area contributed by atoms with Crippen molar-refractivity contribution in [1.29, 1.82) is 0 Å². The first kappa shape index (κ1) is 53.7. The van der Waals surface area contributed by atoms with E-state index in [4.69, 9.17) is 31.8 Å². The Hall–Kier alpha value is -6.60. The van der Waals surface area contributed by atoms with E-state index in [9.17, 15) is 52.8 Å². The quantitative estimate of drug-likeness (QED) is 0.0585. The summed E-state index contributed by atoms with van der Waals surface area (Å²) < 4.78 is 38.5. The number of aromatic hydroxyl groups is 1. The topological polar surface area (TPSA) is 376 Å². The number of Topliss-reactive ketones (excluding diaryl/α,β-unsaturated/α-hetero) is 2. The van der Waals surface area contributed by atoms with Crippen molar-refractivity contribution in [2.24, 2.45) is 28.4 Å². The molecule has 1 saturated carbocycles. The molecule has 0 radical (unpaired) electrons. The summed E-state index contributed by atoms with van der Waals surface area (Å²) in [4.78, 5) is 80.1. The number of carboxylic acids is 1. The van der Waals surface area contributed by atoms with Gasteiger partial charge in [0.15, 0.2) is 28.9 Å². The number of hydrogen-bond acceptors (Lipinski definition) is 17. The zero-order valence-electron chi connectivity index (χ0n) is 39.5. The predicted octanol–water partition coefficient (Wildman–Crippen LogP) is 0.974. The van der Waals surface area contributed by atoms with Crippen LogP contribution in [0.1, 0.15) is 83.7 Å². The number of phenols is 1. The minimum absolute atomic E-state index is 0.0339. The van der Waals surface area contributed by atoms with Gasteiger partial charge in [-0.15, -0.1) is 0 Å². The second-order valence-electron chi connectivity index (χ2n) is 18.0. The number of carbonyl (C=O) groups excluding carboxylic acids is 4. The molecule has 0 unspecified atom stereocenters. The summed E-state index contributed by atoms with van der Waals surface area (Å²) in [5.74, 6) is -7.83. The van der Waals surface area contributed by atoms with Gasteiger partial charge in [-0.25, -0.2) is 24.6 Å². The van der Waals surface area contributed by atoms with Gasteiger partial charge in [-0.05, 0) is 66.6 Å². The Labute approximate surface area is 410 Å².